The highest BCUT2D eigenvalue weighted by Gasteiger charge is 2.16. The Hall–Kier alpha value is -1.26. The van der Waals surface area contributed by atoms with E-state index in [1.807, 2.05) is 0 Å². The van der Waals surface area contributed by atoms with E-state index in [0.717, 1.165) is 0 Å². The molecule has 1 atom stereocenters. The third kappa shape index (κ3) is 4.54. The molecule has 5 heteroatoms. The number of hydrogen-bond acceptors (Lipinski definition) is 5. The average Bonchev–Trinajstić information content (AvgIpc) is 2.02. The summed E-state index contributed by atoms with van der Waals surface area (Å²) in [7, 11) is 1.22. The van der Waals surface area contributed by atoms with Gasteiger partial charge in [-0.25, -0.2) is 0 Å². The molecule has 0 radical (unpaired) electrons. The molecule has 0 aromatic rings. The topological polar surface area (TPSA) is 72.8 Å². The molecule has 0 saturated heterocycles. The van der Waals surface area contributed by atoms with Crippen molar-refractivity contribution in [1.82, 2.24) is 0 Å². The van der Waals surface area contributed by atoms with Crippen LogP contribution in [0.5, 0.6) is 0 Å². The maximum atomic E-state index is 10.6. The van der Waals surface area contributed by atoms with Gasteiger partial charge in [0, 0.05) is 6.42 Å². The third-order valence-electron chi connectivity index (χ3n) is 1.30. The van der Waals surface area contributed by atoms with Crippen molar-refractivity contribution in [1.29, 1.82) is 0 Å². The van der Waals surface area contributed by atoms with E-state index < -0.39 is 12.0 Å². The predicted octanol–water partition coefficient (Wildman–Crippen LogP) is 0.664. The van der Waals surface area contributed by atoms with E-state index in [9.17, 15) is 14.5 Å². The number of nitroso groups, excluding NO2 is 1. The Bertz CT molecular complexity index is 190. The van der Waals surface area contributed by atoms with E-state index in [4.69, 9.17) is 0 Å². The van der Waals surface area contributed by atoms with Gasteiger partial charge in [0.05, 0.1) is 13.5 Å². The van der Waals surface area contributed by atoms with Gasteiger partial charge in [0.2, 0.25) is 0 Å². The molecule has 0 amide bonds. The van der Waals surface area contributed by atoms with E-state index in [-0.39, 0.29) is 18.6 Å². The summed E-state index contributed by atoms with van der Waals surface area (Å²) < 4.78 is 4.31. The molecule has 0 heterocycles. The number of esters is 1. The predicted molar refractivity (Wildman–Crippen MR) is 41.5 cm³/mol. The minimum atomic E-state index is -0.782. The van der Waals surface area contributed by atoms with E-state index in [0.29, 0.717) is 0 Å². The number of carbonyl (C=O) groups is 2. The number of ether oxygens (including phenoxy) is 1. The zero-order valence-electron chi connectivity index (χ0n) is 7.07. The molecule has 0 N–H and O–H groups in total. The van der Waals surface area contributed by atoms with Gasteiger partial charge in [-0.3, -0.25) is 9.59 Å². The number of hydrogen-bond donors (Lipinski definition) is 0. The van der Waals surface area contributed by atoms with Crippen molar-refractivity contribution in [2.45, 2.75) is 25.8 Å². The Balaban J connectivity index is 3.90. The first-order chi connectivity index (χ1) is 5.60. The largest absolute Gasteiger partial charge is 0.469 e. The Morgan fingerprint density at radius 1 is 1.42 bits per heavy atom. The van der Waals surface area contributed by atoms with Crippen LogP contribution in [0.1, 0.15) is 19.8 Å². The van der Waals surface area contributed by atoms with Gasteiger partial charge < -0.3 is 4.74 Å². The lowest BCUT2D eigenvalue weighted by Gasteiger charge is -2.03. The van der Waals surface area contributed by atoms with Crippen molar-refractivity contribution in [3.05, 3.63) is 4.91 Å². The summed E-state index contributed by atoms with van der Waals surface area (Å²) in [5.41, 5.74) is 0. The van der Waals surface area contributed by atoms with Crippen molar-refractivity contribution in [3.63, 3.8) is 0 Å². The van der Waals surface area contributed by atoms with E-state index in [1.165, 1.54) is 14.0 Å². The molecule has 0 rings (SSSR count). The van der Waals surface area contributed by atoms with Gasteiger partial charge in [-0.15, -0.1) is 0 Å². The van der Waals surface area contributed by atoms with Gasteiger partial charge >= 0.3 is 5.97 Å². The van der Waals surface area contributed by atoms with Gasteiger partial charge in [-0.2, -0.15) is 4.91 Å². The van der Waals surface area contributed by atoms with Gasteiger partial charge in [-0.05, 0) is 6.92 Å². The van der Waals surface area contributed by atoms with Crippen LogP contribution in [0.15, 0.2) is 5.18 Å². The zero-order valence-corrected chi connectivity index (χ0v) is 7.07. The molecule has 0 bridgehead atoms. The van der Waals surface area contributed by atoms with Crippen LogP contribution in [0, 0.1) is 4.91 Å². The van der Waals surface area contributed by atoms with Crippen LogP contribution in [0.3, 0.4) is 0 Å². The summed E-state index contributed by atoms with van der Waals surface area (Å²) >= 11 is 0. The maximum Gasteiger partial charge on any atom is 0.307 e. The van der Waals surface area contributed by atoms with Crippen LogP contribution >= 0.6 is 0 Å². The number of Topliss-reactive ketones (excluding diaryl/α,β-unsaturated/α-hetero) is 1. The molecule has 0 aromatic heterocycles. The summed E-state index contributed by atoms with van der Waals surface area (Å²) in [5, 5.41) is 2.64. The van der Waals surface area contributed by atoms with Crippen molar-refractivity contribution in [3.8, 4) is 0 Å². The van der Waals surface area contributed by atoms with Gasteiger partial charge in [0.15, 0.2) is 0 Å². The SMILES string of the molecule is COC(=O)CC(CC(C)=O)N=O. The molecule has 1 unspecified atom stereocenters. The molecule has 5 nitrogen and oxygen atoms in total. The number of carbonyl (C=O) groups excluding carboxylic acids is 2. The molecule has 0 fully saturated rings. The maximum absolute atomic E-state index is 10.6. The lowest BCUT2D eigenvalue weighted by Crippen LogP contribution is -2.15. The Morgan fingerprint density at radius 2 is 2.00 bits per heavy atom. The molecule has 0 aliphatic heterocycles. The van der Waals surface area contributed by atoms with Crippen molar-refractivity contribution in [2.24, 2.45) is 5.18 Å². The first-order valence-electron chi connectivity index (χ1n) is 3.48. The van der Waals surface area contributed by atoms with Crippen LogP contribution < -0.4 is 0 Å². The second-order valence-corrected chi connectivity index (χ2v) is 2.45. The Morgan fingerprint density at radius 3 is 2.33 bits per heavy atom. The van der Waals surface area contributed by atoms with Crippen molar-refractivity contribution < 1.29 is 14.3 Å². The molecule has 0 saturated carbocycles. The molecular formula is C7H11NO4. The van der Waals surface area contributed by atoms with Gasteiger partial charge in [-0.1, -0.05) is 5.18 Å². The summed E-state index contributed by atoms with van der Waals surface area (Å²) in [6, 6.07) is -0.782. The quantitative estimate of drug-likeness (QED) is 0.452. The second-order valence-electron chi connectivity index (χ2n) is 2.45. The van der Waals surface area contributed by atoms with Gasteiger partial charge in [0.25, 0.3) is 0 Å². The molecule has 0 spiro atoms. The van der Waals surface area contributed by atoms with Crippen LogP contribution in [-0.4, -0.2) is 24.9 Å². The second kappa shape index (κ2) is 5.40. The summed E-state index contributed by atoms with van der Waals surface area (Å²) in [4.78, 5) is 31.2. The lowest BCUT2D eigenvalue weighted by atomic mass is 10.1. The summed E-state index contributed by atoms with van der Waals surface area (Å²) in [6.45, 7) is 1.34. The number of methoxy groups -OCH3 is 1. The Kier molecular flexibility index (Phi) is 4.83. The lowest BCUT2D eigenvalue weighted by molar-refractivity contribution is -0.141. The highest BCUT2D eigenvalue weighted by molar-refractivity contribution is 5.77. The summed E-state index contributed by atoms with van der Waals surface area (Å²) in [5.74, 6) is -0.690. The minimum absolute atomic E-state index is 0.00139. The van der Waals surface area contributed by atoms with Gasteiger partial charge in [0.1, 0.15) is 11.8 Å². The van der Waals surface area contributed by atoms with Crippen LogP contribution in [0.2, 0.25) is 0 Å². The molecule has 0 aliphatic rings. The van der Waals surface area contributed by atoms with Crippen molar-refractivity contribution in [2.75, 3.05) is 7.11 Å². The summed E-state index contributed by atoms with van der Waals surface area (Å²) in [6.07, 6.45) is -0.127. The number of nitrogens with zero attached hydrogens (tertiary/aromatic N) is 1. The smallest absolute Gasteiger partial charge is 0.307 e. The normalized spacial score (nSPS) is 11.8. The molecule has 12 heavy (non-hydrogen) atoms. The fourth-order valence-electron chi connectivity index (χ4n) is 0.754. The van der Waals surface area contributed by atoms with E-state index in [1.54, 1.807) is 0 Å². The zero-order chi connectivity index (χ0) is 9.56. The molecule has 0 aliphatic carbocycles. The minimum Gasteiger partial charge on any atom is -0.469 e. The molecular weight excluding hydrogens is 162 g/mol. The highest BCUT2D eigenvalue weighted by Crippen LogP contribution is 2.04. The third-order valence-corrected chi connectivity index (χ3v) is 1.30. The standard InChI is InChI=1S/C7H11NO4/c1-5(9)3-6(8-11)4-7(10)12-2/h6H,3-4H2,1-2H3. The molecule has 0 aromatic carbocycles. The first kappa shape index (κ1) is 10.7. The first-order valence-corrected chi connectivity index (χ1v) is 3.48. The average molecular weight is 173 g/mol. The fourth-order valence-corrected chi connectivity index (χ4v) is 0.754. The monoisotopic (exact) mass is 173 g/mol. The van der Waals surface area contributed by atoms with Crippen molar-refractivity contribution >= 4 is 11.8 Å². The highest BCUT2D eigenvalue weighted by atomic mass is 16.5. The van der Waals surface area contributed by atoms with E-state index in [2.05, 4.69) is 9.91 Å². The number of ketones is 1. The van der Waals surface area contributed by atoms with Crippen LogP contribution in [0.25, 0.3) is 0 Å². The van der Waals surface area contributed by atoms with Crippen LogP contribution in [-0.2, 0) is 14.3 Å². The fraction of sp³-hybridized carbons (Fsp3) is 0.714. The Labute approximate surface area is 70.1 Å². The van der Waals surface area contributed by atoms with E-state index >= 15 is 0 Å². The van der Waals surface area contributed by atoms with Crippen LogP contribution in [0.4, 0.5) is 0 Å². The molecule has 68 valence electrons. The number of rotatable bonds is 5.